The van der Waals surface area contributed by atoms with Gasteiger partial charge in [0.15, 0.2) is 0 Å². The van der Waals surface area contributed by atoms with E-state index in [0.717, 1.165) is 32.8 Å². The van der Waals surface area contributed by atoms with E-state index in [1.807, 2.05) is 6.92 Å². The van der Waals surface area contributed by atoms with E-state index in [-0.39, 0.29) is 0 Å². The van der Waals surface area contributed by atoms with Gasteiger partial charge in [-0.15, -0.1) is 0 Å². The van der Waals surface area contributed by atoms with Crippen molar-refractivity contribution in [2.45, 2.75) is 25.8 Å². The zero-order chi connectivity index (χ0) is 8.86. The Morgan fingerprint density at radius 3 is 3.00 bits per heavy atom. The van der Waals surface area contributed by atoms with Crippen molar-refractivity contribution < 1.29 is 4.74 Å². The molecule has 0 aliphatic carbocycles. The van der Waals surface area contributed by atoms with E-state index in [4.69, 9.17) is 4.74 Å². The summed E-state index contributed by atoms with van der Waals surface area (Å²) < 4.78 is 5.26. The molecule has 0 spiro atoms. The van der Waals surface area contributed by atoms with Gasteiger partial charge >= 0.3 is 0 Å². The van der Waals surface area contributed by atoms with Crippen molar-refractivity contribution >= 4 is 0 Å². The third kappa shape index (κ3) is 3.09. The molecule has 0 bridgehead atoms. The Labute approximate surface area is 74.9 Å². The number of rotatable bonds is 5. The van der Waals surface area contributed by atoms with Crippen molar-refractivity contribution in [3.8, 4) is 0 Å². The molecule has 0 aromatic carbocycles. The van der Waals surface area contributed by atoms with E-state index in [9.17, 15) is 0 Å². The van der Waals surface area contributed by atoms with E-state index < -0.39 is 0 Å². The lowest BCUT2D eigenvalue weighted by Gasteiger charge is -2.24. The van der Waals surface area contributed by atoms with Crippen molar-refractivity contribution in [3.05, 3.63) is 0 Å². The fourth-order valence-electron chi connectivity index (χ4n) is 1.54. The Bertz CT molecular complexity index is 122. The lowest BCUT2D eigenvalue weighted by atomic mass is 10.0. The maximum absolute atomic E-state index is 5.26. The summed E-state index contributed by atoms with van der Waals surface area (Å²) in [6, 6.07) is 0. The fraction of sp³-hybridized carbons (Fsp3) is 1.00. The Hall–Kier alpha value is -0.120. The van der Waals surface area contributed by atoms with E-state index >= 15 is 0 Å². The predicted molar refractivity (Wildman–Crippen MR) is 50.4 cm³/mol. The minimum atomic E-state index is 0.303. The maximum Gasteiger partial charge on any atom is 0.0590 e. The average molecular weight is 172 g/mol. The predicted octanol–water partition coefficient (Wildman–Crippen LogP) is 0.364. The van der Waals surface area contributed by atoms with Crippen molar-refractivity contribution in [1.82, 2.24) is 10.6 Å². The molecule has 0 amide bonds. The Kier molecular flexibility index (Phi) is 3.98. The number of hydrogen-bond donors (Lipinski definition) is 2. The first-order valence-corrected chi connectivity index (χ1v) is 4.80. The number of nitrogens with one attached hydrogen (secondary N) is 2. The molecule has 1 fully saturated rings. The summed E-state index contributed by atoms with van der Waals surface area (Å²) in [6.07, 6.45) is 1.22. The highest BCUT2D eigenvalue weighted by molar-refractivity contribution is 4.91. The molecule has 12 heavy (non-hydrogen) atoms. The van der Waals surface area contributed by atoms with E-state index in [1.54, 1.807) is 0 Å². The highest BCUT2D eigenvalue weighted by Gasteiger charge is 2.26. The molecule has 3 nitrogen and oxygen atoms in total. The van der Waals surface area contributed by atoms with Crippen LogP contribution in [0.1, 0.15) is 20.3 Å². The van der Waals surface area contributed by atoms with E-state index in [1.165, 1.54) is 6.42 Å². The van der Waals surface area contributed by atoms with Crippen LogP contribution < -0.4 is 10.6 Å². The smallest absolute Gasteiger partial charge is 0.0590 e. The lowest BCUT2D eigenvalue weighted by Crippen LogP contribution is -2.45. The van der Waals surface area contributed by atoms with Gasteiger partial charge in [-0.2, -0.15) is 0 Å². The van der Waals surface area contributed by atoms with Crippen LogP contribution in [0, 0.1) is 0 Å². The molecule has 1 unspecified atom stereocenters. The van der Waals surface area contributed by atoms with Gasteiger partial charge in [0.1, 0.15) is 0 Å². The van der Waals surface area contributed by atoms with Gasteiger partial charge in [-0.3, -0.25) is 0 Å². The molecule has 1 atom stereocenters. The van der Waals surface area contributed by atoms with Crippen LogP contribution in [0.25, 0.3) is 0 Å². The first-order valence-electron chi connectivity index (χ1n) is 4.80. The van der Waals surface area contributed by atoms with Crippen LogP contribution >= 0.6 is 0 Å². The summed E-state index contributed by atoms with van der Waals surface area (Å²) in [5.41, 5.74) is 0.303. The van der Waals surface area contributed by atoms with Gasteiger partial charge < -0.3 is 15.4 Å². The van der Waals surface area contributed by atoms with Crippen LogP contribution in [-0.2, 0) is 4.74 Å². The minimum absolute atomic E-state index is 0.303. The molecule has 1 heterocycles. The second-order valence-electron chi connectivity index (χ2n) is 3.61. The summed E-state index contributed by atoms with van der Waals surface area (Å²) in [4.78, 5) is 0. The monoisotopic (exact) mass is 172 g/mol. The molecule has 1 aliphatic heterocycles. The Morgan fingerprint density at radius 2 is 2.42 bits per heavy atom. The van der Waals surface area contributed by atoms with Crippen molar-refractivity contribution in [2.75, 3.05) is 32.8 Å². The van der Waals surface area contributed by atoms with Crippen LogP contribution in [0.15, 0.2) is 0 Å². The molecule has 2 N–H and O–H groups in total. The highest BCUT2D eigenvalue weighted by atomic mass is 16.5. The summed E-state index contributed by atoms with van der Waals surface area (Å²) in [7, 11) is 0. The zero-order valence-electron chi connectivity index (χ0n) is 8.15. The largest absolute Gasteiger partial charge is 0.380 e. The highest BCUT2D eigenvalue weighted by Crippen LogP contribution is 2.12. The quantitative estimate of drug-likeness (QED) is 0.588. The fourth-order valence-corrected chi connectivity index (χ4v) is 1.54. The summed E-state index contributed by atoms with van der Waals surface area (Å²) in [5, 5.41) is 6.86. The van der Waals surface area contributed by atoms with E-state index in [2.05, 4.69) is 17.6 Å². The van der Waals surface area contributed by atoms with Gasteiger partial charge in [-0.25, -0.2) is 0 Å². The molecule has 0 radical (unpaired) electrons. The standard InChI is InChI=1S/C9H20N2O/c1-3-12-7-6-11-9(2)4-5-10-8-9/h10-11H,3-8H2,1-2H3. The molecule has 0 aromatic rings. The molecule has 1 aliphatic rings. The molecular formula is C9H20N2O. The van der Waals surface area contributed by atoms with E-state index in [0.29, 0.717) is 5.54 Å². The second kappa shape index (κ2) is 4.80. The topological polar surface area (TPSA) is 33.3 Å². The molecule has 3 heteroatoms. The molecule has 1 rings (SSSR count). The van der Waals surface area contributed by atoms with Gasteiger partial charge in [0.25, 0.3) is 0 Å². The van der Waals surface area contributed by atoms with Gasteiger partial charge in [-0.1, -0.05) is 0 Å². The Balaban J connectivity index is 2.05. The SMILES string of the molecule is CCOCCNC1(C)CCNC1. The normalized spacial score (nSPS) is 29.5. The summed E-state index contributed by atoms with van der Waals surface area (Å²) in [6.45, 7) is 9.11. The summed E-state index contributed by atoms with van der Waals surface area (Å²) >= 11 is 0. The van der Waals surface area contributed by atoms with Crippen LogP contribution in [0.4, 0.5) is 0 Å². The maximum atomic E-state index is 5.26. The lowest BCUT2D eigenvalue weighted by molar-refractivity contribution is 0.142. The van der Waals surface area contributed by atoms with Crippen LogP contribution in [0.3, 0.4) is 0 Å². The number of ether oxygens (including phenoxy) is 1. The zero-order valence-corrected chi connectivity index (χ0v) is 8.15. The molecular weight excluding hydrogens is 152 g/mol. The first kappa shape index (κ1) is 9.96. The van der Waals surface area contributed by atoms with Crippen molar-refractivity contribution in [3.63, 3.8) is 0 Å². The third-order valence-electron chi connectivity index (χ3n) is 2.37. The minimum Gasteiger partial charge on any atom is -0.380 e. The molecule has 0 aromatic heterocycles. The van der Waals surface area contributed by atoms with Crippen LogP contribution in [0.5, 0.6) is 0 Å². The summed E-state index contributed by atoms with van der Waals surface area (Å²) in [5.74, 6) is 0. The third-order valence-corrected chi connectivity index (χ3v) is 2.37. The second-order valence-corrected chi connectivity index (χ2v) is 3.61. The van der Waals surface area contributed by atoms with Crippen LogP contribution in [-0.4, -0.2) is 38.4 Å². The molecule has 1 saturated heterocycles. The van der Waals surface area contributed by atoms with Gasteiger partial charge in [0, 0.05) is 25.2 Å². The van der Waals surface area contributed by atoms with Gasteiger partial charge in [-0.05, 0) is 26.8 Å². The molecule has 72 valence electrons. The van der Waals surface area contributed by atoms with Gasteiger partial charge in [0.05, 0.1) is 6.61 Å². The first-order chi connectivity index (χ1) is 5.77. The Morgan fingerprint density at radius 1 is 1.58 bits per heavy atom. The average Bonchev–Trinajstić information content (AvgIpc) is 2.47. The molecule has 0 saturated carbocycles. The van der Waals surface area contributed by atoms with Crippen molar-refractivity contribution in [1.29, 1.82) is 0 Å². The van der Waals surface area contributed by atoms with Gasteiger partial charge in [0.2, 0.25) is 0 Å². The number of hydrogen-bond acceptors (Lipinski definition) is 3. The van der Waals surface area contributed by atoms with Crippen LogP contribution in [0.2, 0.25) is 0 Å². The van der Waals surface area contributed by atoms with Crippen molar-refractivity contribution in [2.24, 2.45) is 0 Å².